The van der Waals surface area contributed by atoms with Crippen LogP contribution in [0.25, 0.3) is 45.3 Å². The van der Waals surface area contributed by atoms with Crippen LogP contribution in [-0.4, -0.2) is 15.0 Å². The Morgan fingerprint density at radius 2 is 0.984 bits per heavy atom. The minimum atomic E-state index is -0.565. The second-order valence-electron chi connectivity index (χ2n) is 20.8. The van der Waals surface area contributed by atoms with Gasteiger partial charge in [-0.05, 0) is 149 Å². The molecule has 4 nitrogen and oxygen atoms in total. The highest BCUT2D eigenvalue weighted by Crippen LogP contribution is 2.67. The molecule has 0 radical (unpaired) electrons. The smallest absolute Gasteiger partial charge is 0.164 e. The third kappa shape index (κ3) is 4.98. The fourth-order valence-electron chi connectivity index (χ4n) is 15.0. The van der Waals surface area contributed by atoms with E-state index in [9.17, 15) is 0 Å². The normalized spacial score (nSPS) is 28.6. The van der Waals surface area contributed by atoms with E-state index < -0.39 is 5.41 Å². The fraction of sp³-hybridized carbons (Fsp3) is 0.328. The molecule has 6 aromatic carbocycles. The molecule has 62 heavy (non-hydrogen) atoms. The van der Waals surface area contributed by atoms with Crippen molar-refractivity contribution in [2.75, 3.05) is 0 Å². The zero-order valence-electron chi connectivity index (χ0n) is 35.5. The van der Waals surface area contributed by atoms with E-state index in [1.807, 2.05) is 0 Å². The average Bonchev–Trinajstić information content (AvgIpc) is 4.10. The molecule has 1 aliphatic heterocycles. The van der Waals surface area contributed by atoms with Crippen LogP contribution in [-0.2, 0) is 16.2 Å². The topological polar surface area (TPSA) is 47.9 Å². The van der Waals surface area contributed by atoms with Gasteiger partial charge in [-0.3, -0.25) is 0 Å². The van der Waals surface area contributed by atoms with Gasteiger partial charge < -0.3 is 4.74 Å². The molecule has 4 bridgehead atoms. The maximum absolute atomic E-state index is 6.80. The Morgan fingerprint density at radius 1 is 0.468 bits per heavy atom. The monoisotopic (exact) mass is 805 g/mol. The van der Waals surface area contributed by atoms with Crippen LogP contribution in [0.4, 0.5) is 0 Å². The molecule has 1 aromatic heterocycles. The third-order valence-electron chi connectivity index (χ3n) is 17.5. The number of hydrogen-bond donors (Lipinski definition) is 0. The summed E-state index contributed by atoms with van der Waals surface area (Å²) in [6, 6.07) is 51.7. The molecular weight excluding hydrogens is 755 g/mol. The molecule has 5 saturated carbocycles. The summed E-state index contributed by atoms with van der Waals surface area (Å²) in [5.74, 6) is 8.42. The van der Waals surface area contributed by atoms with Crippen LogP contribution >= 0.6 is 0 Å². The lowest BCUT2D eigenvalue weighted by Crippen LogP contribution is -2.32. The number of rotatable bonds is 5. The van der Waals surface area contributed by atoms with Crippen LogP contribution in [0.15, 0.2) is 140 Å². The van der Waals surface area contributed by atoms with Crippen LogP contribution in [0.5, 0.6) is 11.5 Å². The Morgan fingerprint density at radius 3 is 1.60 bits per heavy atom. The lowest BCUT2D eigenvalue weighted by molar-refractivity contribution is 0.232. The Balaban J connectivity index is 0.916. The molecule has 304 valence electrons. The summed E-state index contributed by atoms with van der Waals surface area (Å²) in [7, 11) is 0. The van der Waals surface area contributed by atoms with Gasteiger partial charge in [-0.2, -0.15) is 0 Å². The van der Waals surface area contributed by atoms with Gasteiger partial charge in [-0.1, -0.05) is 135 Å². The summed E-state index contributed by atoms with van der Waals surface area (Å²) in [6.07, 6.45) is 13.8. The van der Waals surface area contributed by atoms with Gasteiger partial charge in [0.2, 0.25) is 0 Å². The van der Waals surface area contributed by atoms with E-state index in [1.165, 1.54) is 97.6 Å². The van der Waals surface area contributed by atoms with Crippen LogP contribution < -0.4 is 4.74 Å². The number of nitrogens with zero attached hydrogens (tertiary/aromatic N) is 3. The fourth-order valence-corrected chi connectivity index (χ4v) is 15.0. The first kappa shape index (κ1) is 35.7. The predicted octanol–water partition coefficient (Wildman–Crippen LogP) is 13.9. The van der Waals surface area contributed by atoms with Gasteiger partial charge in [0.05, 0.1) is 5.41 Å². The highest BCUT2D eigenvalue weighted by Gasteiger charge is 2.58. The number of hydrogen-bond acceptors (Lipinski definition) is 4. The minimum Gasteiger partial charge on any atom is -0.457 e. The third-order valence-corrected chi connectivity index (χ3v) is 17.5. The summed E-state index contributed by atoms with van der Waals surface area (Å²) in [5, 5.41) is 0. The second kappa shape index (κ2) is 12.8. The average molecular weight is 806 g/mol. The van der Waals surface area contributed by atoms with Gasteiger partial charge in [-0.25, -0.2) is 15.0 Å². The van der Waals surface area contributed by atoms with Crippen LogP contribution in [0.3, 0.4) is 0 Å². The number of aromatic nitrogens is 3. The molecule has 4 heteroatoms. The van der Waals surface area contributed by atoms with Gasteiger partial charge in [0.1, 0.15) is 11.5 Å². The highest BCUT2D eigenvalue weighted by molar-refractivity contribution is 5.89. The maximum Gasteiger partial charge on any atom is 0.164 e. The standard InChI is InChI=1S/C58H51N3O/c1-56(30-35-14-15-36(28-35)31-56)42-23-18-37(19-24-42)53-59-54(38-20-25-43(26-21-38)57-32-40-16-17-41(33-57)46(40)34-57)61-55(60-53)39-22-27-52-50(29-39)58(49-12-6-7-13-51(49)62-52)47-10-4-2-8-44(47)45-9-3-5-11-48(45)58/h2-13,18-27,29,35-36,40-41,46H,14-17,28,30-34H2,1H3/t35-,36?,40+,41?,46-,56?,57?/m1/s1. The molecule has 5 fully saturated rings. The van der Waals surface area contributed by atoms with E-state index in [2.05, 4.69) is 146 Å². The second-order valence-corrected chi connectivity index (χ2v) is 20.8. The Bertz CT molecular complexity index is 2890. The first-order valence-electron chi connectivity index (χ1n) is 23.5. The van der Waals surface area contributed by atoms with Crippen molar-refractivity contribution in [1.29, 1.82) is 0 Å². The van der Waals surface area contributed by atoms with Crippen LogP contribution in [0.1, 0.15) is 105 Å². The highest BCUT2D eigenvalue weighted by atomic mass is 16.5. The lowest BCUT2D eigenvalue weighted by Gasteiger charge is -2.39. The molecule has 0 saturated heterocycles. The quantitative estimate of drug-likeness (QED) is 0.174. The Labute approximate surface area is 364 Å². The Hall–Kier alpha value is -5.87. The van der Waals surface area contributed by atoms with Crippen molar-refractivity contribution in [2.45, 2.75) is 87.4 Å². The molecule has 7 atom stereocenters. The molecule has 4 unspecified atom stereocenters. The van der Waals surface area contributed by atoms with Crippen LogP contribution in [0, 0.1) is 29.6 Å². The minimum absolute atomic E-state index is 0.231. The molecule has 6 aliphatic carbocycles. The van der Waals surface area contributed by atoms with E-state index in [0.29, 0.717) is 17.1 Å². The van der Waals surface area contributed by atoms with E-state index in [1.54, 1.807) is 0 Å². The van der Waals surface area contributed by atoms with Crippen molar-refractivity contribution in [3.8, 4) is 56.8 Å². The van der Waals surface area contributed by atoms with E-state index in [0.717, 1.165) is 74.7 Å². The number of para-hydroxylation sites is 1. The summed E-state index contributed by atoms with van der Waals surface area (Å²) >= 11 is 0. The van der Waals surface area contributed by atoms with Gasteiger partial charge >= 0.3 is 0 Å². The summed E-state index contributed by atoms with van der Waals surface area (Å²) < 4.78 is 6.80. The van der Waals surface area contributed by atoms with Gasteiger partial charge in [-0.15, -0.1) is 0 Å². The van der Waals surface area contributed by atoms with E-state index in [4.69, 9.17) is 19.7 Å². The first-order chi connectivity index (χ1) is 30.4. The molecule has 2 heterocycles. The van der Waals surface area contributed by atoms with E-state index >= 15 is 0 Å². The zero-order valence-corrected chi connectivity index (χ0v) is 35.5. The van der Waals surface area contributed by atoms with Gasteiger partial charge in [0, 0.05) is 27.8 Å². The van der Waals surface area contributed by atoms with Crippen LogP contribution in [0.2, 0.25) is 0 Å². The molecule has 14 rings (SSSR count). The van der Waals surface area contributed by atoms with Crippen molar-refractivity contribution in [2.24, 2.45) is 29.6 Å². The Kier molecular flexibility index (Phi) is 7.40. The van der Waals surface area contributed by atoms with Crippen molar-refractivity contribution in [3.05, 3.63) is 173 Å². The summed E-state index contributed by atoms with van der Waals surface area (Å²) in [5.41, 5.74) is 13.4. The number of benzene rings is 6. The SMILES string of the molecule is CC1(c2ccc(-c3nc(-c4ccc(C56CC7CC[C@@H](C5)[C@H]7C6)cc4)nc(-c4ccc5c(c4)C4(c6ccccc6O5)c5ccccc5-c5ccccc54)n3)cc2)CC2CC[C@H](C2)C1. The molecule has 7 aliphatic rings. The number of ether oxygens (including phenoxy) is 1. The van der Waals surface area contributed by atoms with Crippen molar-refractivity contribution in [3.63, 3.8) is 0 Å². The molecule has 7 aromatic rings. The predicted molar refractivity (Wildman–Crippen MR) is 246 cm³/mol. The first-order valence-corrected chi connectivity index (χ1v) is 23.5. The van der Waals surface area contributed by atoms with E-state index in [-0.39, 0.29) is 5.41 Å². The van der Waals surface area contributed by atoms with Gasteiger partial charge in [0.15, 0.2) is 17.5 Å². The number of fused-ring (bicyclic) bond motifs is 12. The molecule has 0 N–H and O–H groups in total. The van der Waals surface area contributed by atoms with Gasteiger partial charge in [0.25, 0.3) is 0 Å². The largest absolute Gasteiger partial charge is 0.457 e. The molecule has 1 spiro atoms. The molecular formula is C58H51N3O. The summed E-state index contributed by atoms with van der Waals surface area (Å²) in [6.45, 7) is 2.50. The lowest BCUT2D eigenvalue weighted by atomic mass is 9.66. The maximum atomic E-state index is 6.80. The summed E-state index contributed by atoms with van der Waals surface area (Å²) in [4.78, 5) is 16.0. The zero-order chi connectivity index (χ0) is 40.8. The van der Waals surface area contributed by atoms with Crippen molar-refractivity contribution < 1.29 is 4.74 Å². The van der Waals surface area contributed by atoms with Crippen molar-refractivity contribution in [1.82, 2.24) is 15.0 Å². The van der Waals surface area contributed by atoms with Crippen molar-refractivity contribution >= 4 is 0 Å². The molecule has 0 amide bonds.